The van der Waals surface area contributed by atoms with Crippen molar-refractivity contribution in [2.45, 2.75) is 0 Å². The molecule has 0 bridgehead atoms. The Morgan fingerprint density at radius 1 is 0.273 bits per heavy atom. The first-order valence-corrected chi connectivity index (χ1v) is 18.5. The molecule has 9 aromatic carbocycles. The van der Waals surface area contributed by atoms with E-state index in [0.29, 0.717) is 17.5 Å². The summed E-state index contributed by atoms with van der Waals surface area (Å²) < 4.78 is 6.57. The molecule has 0 aliphatic rings. The highest BCUT2D eigenvalue weighted by Gasteiger charge is 2.19. The van der Waals surface area contributed by atoms with Crippen molar-refractivity contribution in [3.8, 4) is 56.4 Å². The zero-order chi connectivity index (χ0) is 36.3. The molecule has 0 N–H and O–H groups in total. The van der Waals surface area contributed by atoms with Crippen LogP contribution >= 0.6 is 0 Å². The van der Waals surface area contributed by atoms with Crippen LogP contribution in [0.2, 0.25) is 0 Å². The first kappa shape index (κ1) is 31.1. The van der Waals surface area contributed by atoms with E-state index in [1.165, 1.54) is 32.3 Å². The minimum atomic E-state index is 0.584. The predicted octanol–water partition coefficient (Wildman–Crippen LogP) is 13.6. The Morgan fingerprint density at radius 2 is 0.745 bits per heavy atom. The molecule has 2 aromatic heterocycles. The van der Waals surface area contributed by atoms with Gasteiger partial charge < -0.3 is 4.42 Å². The number of hydrogen-bond acceptors (Lipinski definition) is 4. The molecule has 0 atom stereocenters. The third-order valence-corrected chi connectivity index (χ3v) is 10.7. The van der Waals surface area contributed by atoms with E-state index in [4.69, 9.17) is 19.4 Å². The molecule has 55 heavy (non-hydrogen) atoms. The largest absolute Gasteiger partial charge is 0.456 e. The zero-order valence-electron chi connectivity index (χ0n) is 29.6. The van der Waals surface area contributed by atoms with Crippen molar-refractivity contribution in [2.75, 3.05) is 0 Å². The van der Waals surface area contributed by atoms with Crippen molar-refractivity contribution in [1.29, 1.82) is 0 Å². The monoisotopic (exact) mass is 701 g/mol. The first-order chi connectivity index (χ1) is 27.2. The molecule has 0 unspecified atom stereocenters. The van der Waals surface area contributed by atoms with E-state index in [-0.39, 0.29) is 0 Å². The van der Waals surface area contributed by atoms with E-state index >= 15 is 0 Å². The Labute approximate surface area is 317 Å². The minimum absolute atomic E-state index is 0.584. The summed E-state index contributed by atoms with van der Waals surface area (Å²) >= 11 is 0. The lowest BCUT2D eigenvalue weighted by molar-refractivity contribution is 0.669. The standard InChI is InChI=1S/C51H31N3O/c1-3-14-32(15-4-1)49-52-50(33-16-5-2-6-17-33)54-51(53-49)37-30-44(48-43-24-11-12-25-46(43)55-47(48)31-37)36-19-13-18-34(28-36)35-26-27-42-40-22-8-7-20-38(40)39-21-9-10-23-41(39)45(42)29-35/h1-31H. The van der Waals surface area contributed by atoms with Gasteiger partial charge in [-0.25, -0.2) is 15.0 Å². The molecule has 0 amide bonds. The third kappa shape index (κ3) is 5.26. The molecule has 0 saturated carbocycles. The lowest BCUT2D eigenvalue weighted by atomic mass is 9.91. The number of aromatic nitrogens is 3. The fourth-order valence-electron chi connectivity index (χ4n) is 8.10. The summed E-state index contributed by atoms with van der Waals surface area (Å²) in [7, 11) is 0. The van der Waals surface area contributed by atoms with Crippen LogP contribution in [-0.2, 0) is 0 Å². The van der Waals surface area contributed by atoms with Crippen LogP contribution in [0.3, 0.4) is 0 Å². The van der Waals surface area contributed by atoms with Crippen LogP contribution in [0.15, 0.2) is 192 Å². The van der Waals surface area contributed by atoms with E-state index in [1.807, 2.05) is 72.8 Å². The van der Waals surface area contributed by atoms with E-state index in [1.54, 1.807) is 0 Å². The molecule has 4 heteroatoms. The maximum atomic E-state index is 6.57. The lowest BCUT2D eigenvalue weighted by Crippen LogP contribution is -2.00. The maximum Gasteiger partial charge on any atom is 0.164 e. The fourth-order valence-corrected chi connectivity index (χ4v) is 8.10. The molecule has 11 aromatic rings. The van der Waals surface area contributed by atoms with E-state index in [9.17, 15) is 0 Å². The van der Waals surface area contributed by atoms with Crippen molar-refractivity contribution >= 4 is 54.3 Å². The first-order valence-electron chi connectivity index (χ1n) is 18.5. The molecule has 0 radical (unpaired) electrons. The number of furan rings is 1. The lowest BCUT2D eigenvalue weighted by Gasteiger charge is -2.13. The Hall–Kier alpha value is -7.43. The second-order valence-corrected chi connectivity index (χ2v) is 14.0. The van der Waals surface area contributed by atoms with Gasteiger partial charge in [0.25, 0.3) is 0 Å². The van der Waals surface area contributed by atoms with Crippen LogP contribution in [0.25, 0.3) is 111 Å². The molecule has 256 valence electrons. The predicted molar refractivity (Wildman–Crippen MR) is 227 cm³/mol. The van der Waals surface area contributed by atoms with E-state index in [0.717, 1.165) is 60.9 Å². The summed E-state index contributed by atoms with van der Waals surface area (Å²) in [5, 5.41) is 9.72. The van der Waals surface area contributed by atoms with Crippen LogP contribution in [0, 0.1) is 0 Å². The molecule has 0 aliphatic carbocycles. The van der Waals surface area contributed by atoms with Crippen LogP contribution in [-0.4, -0.2) is 15.0 Å². The smallest absolute Gasteiger partial charge is 0.164 e. The molecular formula is C51H31N3O. The van der Waals surface area contributed by atoms with Gasteiger partial charge in [0.2, 0.25) is 0 Å². The second kappa shape index (κ2) is 12.6. The van der Waals surface area contributed by atoms with Gasteiger partial charge in [0.05, 0.1) is 0 Å². The highest BCUT2D eigenvalue weighted by Crippen LogP contribution is 2.42. The number of para-hydroxylation sites is 1. The molecular weight excluding hydrogens is 671 g/mol. The summed E-state index contributed by atoms with van der Waals surface area (Å²) in [5.41, 5.74) is 8.77. The van der Waals surface area contributed by atoms with Gasteiger partial charge in [0, 0.05) is 27.5 Å². The van der Waals surface area contributed by atoms with Crippen LogP contribution in [0.4, 0.5) is 0 Å². The number of nitrogens with zero attached hydrogens (tertiary/aromatic N) is 3. The highest BCUT2D eigenvalue weighted by molar-refractivity contribution is 6.25. The van der Waals surface area contributed by atoms with Gasteiger partial charge in [-0.1, -0.05) is 158 Å². The summed E-state index contributed by atoms with van der Waals surface area (Å²) in [6.07, 6.45) is 0. The number of hydrogen-bond donors (Lipinski definition) is 0. The van der Waals surface area contributed by atoms with Crippen molar-refractivity contribution in [3.05, 3.63) is 188 Å². The van der Waals surface area contributed by atoms with Gasteiger partial charge in [-0.3, -0.25) is 0 Å². The van der Waals surface area contributed by atoms with Gasteiger partial charge >= 0.3 is 0 Å². The van der Waals surface area contributed by atoms with E-state index in [2.05, 4.69) is 115 Å². The molecule has 0 saturated heterocycles. The summed E-state index contributed by atoms with van der Waals surface area (Å²) in [6.45, 7) is 0. The van der Waals surface area contributed by atoms with Crippen molar-refractivity contribution < 1.29 is 4.42 Å². The molecule has 2 heterocycles. The molecule has 4 nitrogen and oxygen atoms in total. The Morgan fingerprint density at radius 3 is 1.38 bits per heavy atom. The molecule has 11 rings (SSSR count). The normalized spacial score (nSPS) is 11.6. The summed E-state index contributed by atoms with van der Waals surface area (Å²) in [4.78, 5) is 15.1. The molecule has 0 fully saturated rings. The SMILES string of the molecule is c1ccc(-c2nc(-c3ccccc3)nc(-c3cc(-c4cccc(-c5ccc6c7ccccc7c7ccccc7c6c5)c4)c4c(c3)oc3ccccc34)n2)cc1. The fraction of sp³-hybridized carbons (Fsp3) is 0. The maximum absolute atomic E-state index is 6.57. The van der Waals surface area contributed by atoms with Crippen LogP contribution in [0.1, 0.15) is 0 Å². The van der Waals surface area contributed by atoms with Gasteiger partial charge in [-0.05, 0) is 84.9 Å². The Balaban J connectivity index is 1.12. The highest BCUT2D eigenvalue weighted by atomic mass is 16.3. The van der Waals surface area contributed by atoms with Gasteiger partial charge in [0.1, 0.15) is 11.2 Å². The Bertz CT molecular complexity index is 3170. The quantitative estimate of drug-likeness (QED) is 0.168. The average Bonchev–Trinajstić information content (AvgIpc) is 3.65. The molecule has 0 aliphatic heterocycles. The summed E-state index contributed by atoms with van der Waals surface area (Å²) in [5.74, 6) is 1.82. The van der Waals surface area contributed by atoms with Crippen LogP contribution < -0.4 is 0 Å². The average molecular weight is 702 g/mol. The second-order valence-electron chi connectivity index (χ2n) is 14.0. The summed E-state index contributed by atoms with van der Waals surface area (Å²) in [6, 6.07) is 65.9. The topological polar surface area (TPSA) is 51.8 Å². The minimum Gasteiger partial charge on any atom is -0.456 e. The molecule has 0 spiro atoms. The number of rotatable bonds is 5. The van der Waals surface area contributed by atoms with Gasteiger partial charge in [-0.2, -0.15) is 0 Å². The third-order valence-electron chi connectivity index (χ3n) is 10.7. The van der Waals surface area contributed by atoms with E-state index < -0.39 is 0 Å². The zero-order valence-corrected chi connectivity index (χ0v) is 29.6. The Kier molecular flexibility index (Phi) is 7.14. The van der Waals surface area contributed by atoms with Gasteiger partial charge in [0.15, 0.2) is 17.5 Å². The van der Waals surface area contributed by atoms with Crippen molar-refractivity contribution in [1.82, 2.24) is 15.0 Å². The number of benzene rings is 9. The van der Waals surface area contributed by atoms with Crippen molar-refractivity contribution in [3.63, 3.8) is 0 Å². The number of fused-ring (bicyclic) bond motifs is 9. The van der Waals surface area contributed by atoms with Crippen LogP contribution in [0.5, 0.6) is 0 Å². The van der Waals surface area contributed by atoms with Crippen molar-refractivity contribution in [2.24, 2.45) is 0 Å². The van der Waals surface area contributed by atoms with Gasteiger partial charge in [-0.15, -0.1) is 0 Å².